The second kappa shape index (κ2) is 10.7. The fourth-order valence-corrected chi connectivity index (χ4v) is 4.63. The highest BCUT2D eigenvalue weighted by molar-refractivity contribution is 5.92. The molecule has 1 fully saturated rings. The van der Waals surface area contributed by atoms with Crippen LogP contribution in [0.25, 0.3) is 11.3 Å². The molecule has 0 saturated heterocycles. The Kier molecular flexibility index (Phi) is 7.99. The van der Waals surface area contributed by atoms with Crippen molar-refractivity contribution in [1.29, 1.82) is 0 Å². The first-order chi connectivity index (χ1) is 15.3. The van der Waals surface area contributed by atoms with Crippen LogP contribution in [0.4, 0.5) is 0 Å². The molecule has 0 aliphatic heterocycles. The molecule has 3 atom stereocenters. The average Bonchev–Trinajstić information content (AvgIpc) is 3.12. The summed E-state index contributed by atoms with van der Waals surface area (Å²) in [6.45, 7) is 9.02. The summed E-state index contributed by atoms with van der Waals surface area (Å²) in [7, 11) is 1.63. The van der Waals surface area contributed by atoms with Crippen LogP contribution in [-0.2, 0) is 16.1 Å². The number of ether oxygens (including phenoxy) is 2. The number of methoxy groups -OCH3 is 1. The maximum Gasteiger partial charge on any atom is 0.339 e. The quantitative estimate of drug-likeness (QED) is 0.588. The van der Waals surface area contributed by atoms with Crippen LogP contribution >= 0.6 is 0 Å². The van der Waals surface area contributed by atoms with E-state index in [1.165, 1.54) is 6.42 Å². The maximum atomic E-state index is 12.8. The van der Waals surface area contributed by atoms with Crippen LogP contribution in [0.15, 0.2) is 30.3 Å². The van der Waals surface area contributed by atoms with E-state index in [0.717, 1.165) is 35.5 Å². The number of hydrogen-bond donors (Lipinski definition) is 1. The molecule has 1 aliphatic carbocycles. The number of carbonyl (C=O) groups is 2. The average molecular weight is 441 g/mol. The Morgan fingerprint density at radius 1 is 1.16 bits per heavy atom. The van der Waals surface area contributed by atoms with E-state index in [1.54, 1.807) is 14.0 Å². The number of amides is 1. The molecule has 6 heteroatoms. The summed E-state index contributed by atoms with van der Waals surface area (Å²) in [5, 5.41) is 3.25. The molecule has 1 N–H and O–H groups in total. The molecule has 1 aromatic heterocycles. The molecule has 1 heterocycles. The van der Waals surface area contributed by atoms with Gasteiger partial charge in [0, 0.05) is 30.4 Å². The van der Waals surface area contributed by atoms with Gasteiger partial charge < -0.3 is 19.4 Å². The number of aromatic nitrogens is 1. The van der Waals surface area contributed by atoms with Crippen LogP contribution in [0, 0.1) is 18.8 Å². The zero-order chi connectivity index (χ0) is 23.3. The predicted octanol–water partition coefficient (Wildman–Crippen LogP) is 4.98. The van der Waals surface area contributed by atoms with Crippen molar-refractivity contribution in [2.45, 2.75) is 66.0 Å². The van der Waals surface area contributed by atoms with Gasteiger partial charge in [-0.15, -0.1) is 0 Å². The van der Waals surface area contributed by atoms with E-state index in [0.29, 0.717) is 37.0 Å². The smallest absolute Gasteiger partial charge is 0.339 e. The Balaban J connectivity index is 1.80. The van der Waals surface area contributed by atoms with Crippen molar-refractivity contribution in [1.82, 2.24) is 9.88 Å². The molecule has 2 aromatic rings. The molecule has 1 saturated carbocycles. The molecule has 1 amide bonds. The van der Waals surface area contributed by atoms with Crippen LogP contribution in [0.3, 0.4) is 0 Å². The first kappa shape index (κ1) is 23.9. The lowest BCUT2D eigenvalue weighted by atomic mass is 9.78. The first-order valence-corrected chi connectivity index (χ1v) is 11.7. The lowest BCUT2D eigenvalue weighted by molar-refractivity contribution is -0.122. The first-order valence-electron chi connectivity index (χ1n) is 11.7. The predicted molar refractivity (Wildman–Crippen MR) is 126 cm³/mol. The van der Waals surface area contributed by atoms with E-state index in [9.17, 15) is 9.59 Å². The molecule has 174 valence electrons. The maximum absolute atomic E-state index is 12.8. The SMILES string of the molecule is CCOC(=O)c1cc(-c2ccc(OC)cc2)n(CCC(=O)N[C@@H]2CCC[C@@H](C)[C@H]2C)c1C. The molecular formula is C26H36N2O4. The van der Waals surface area contributed by atoms with Gasteiger partial charge >= 0.3 is 5.97 Å². The van der Waals surface area contributed by atoms with E-state index in [-0.39, 0.29) is 17.9 Å². The minimum Gasteiger partial charge on any atom is -0.497 e. The van der Waals surface area contributed by atoms with E-state index >= 15 is 0 Å². The fraction of sp³-hybridized carbons (Fsp3) is 0.538. The number of carbonyl (C=O) groups excluding carboxylic acids is 2. The van der Waals surface area contributed by atoms with Gasteiger partial charge in [-0.25, -0.2) is 4.79 Å². The molecule has 0 bridgehead atoms. The van der Waals surface area contributed by atoms with E-state index < -0.39 is 0 Å². The normalized spacial score (nSPS) is 20.6. The fourth-order valence-electron chi connectivity index (χ4n) is 4.63. The molecule has 1 aromatic carbocycles. The summed E-state index contributed by atoms with van der Waals surface area (Å²) in [5.41, 5.74) is 3.19. The molecule has 6 nitrogen and oxygen atoms in total. The minimum atomic E-state index is -0.340. The third-order valence-electron chi connectivity index (χ3n) is 6.86. The van der Waals surface area contributed by atoms with Gasteiger partial charge in [0.25, 0.3) is 0 Å². The van der Waals surface area contributed by atoms with E-state index in [4.69, 9.17) is 9.47 Å². The number of esters is 1. The Bertz CT molecular complexity index is 932. The summed E-state index contributed by atoms with van der Waals surface area (Å²) < 4.78 is 12.6. The third kappa shape index (κ3) is 5.34. The lowest BCUT2D eigenvalue weighted by Gasteiger charge is -2.34. The van der Waals surface area contributed by atoms with Crippen LogP contribution in [0.1, 0.15) is 62.5 Å². The van der Waals surface area contributed by atoms with Gasteiger partial charge in [0.15, 0.2) is 0 Å². The van der Waals surface area contributed by atoms with Crippen molar-refractivity contribution >= 4 is 11.9 Å². The minimum absolute atomic E-state index is 0.0578. The monoisotopic (exact) mass is 440 g/mol. The highest BCUT2D eigenvalue weighted by atomic mass is 16.5. The standard InChI is InChI=1S/C26H36N2O4/c1-6-32-26(30)22-16-24(20-10-12-21(31-5)13-11-20)28(19(22)4)15-14-25(29)27-23-9-7-8-17(2)18(23)3/h10-13,16-18,23H,6-9,14-15H2,1-5H3,(H,27,29)/t17-,18-,23-/m1/s1. The molecule has 1 aliphatic rings. The summed E-state index contributed by atoms with van der Waals surface area (Å²) in [5.74, 6) is 1.61. The zero-order valence-corrected chi connectivity index (χ0v) is 19.9. The molecule has 0 unspecified atom stereocenters. The molecule has 0 radical (unpaired) electrons. The highest BCUT2D eigenvalue weighted by Gasteiger charge is 2.28. The van der Waals surface area contributed by atoms with Gasteiger partial charge in [0.05, 0.1) is 19.3 Å². The van der Waals surface area contributed by atoms with Gasteiger partial charge in [0.2, 0.25) is 5.91 Å². The van der Waals surface area contributed by atoms with Gasteiger partial charge in [0.1, 0.15) is 5.75 Å². The second-order valence-corrected chi connectivity index (χ2v) is 8.82. The van der Waals surface area contributed by atoms with Crippen LogP contribution in [-0.4, -0.2) is 36.2 Å². The summed E-state index contributed by atoms with van der Waals surface area (Å²) in [6.07, 6.45) is 3.80. The number of nitrogens with zero attached hydrogens (tertiary/aromatic N) is 1. The summed E-state index contributed by atoms with van der Waals surface area (Å²) in [6, 6.07) is 9.81. The Hall–Kier alpha value is -2.76. The van der Waals surface area contributed by atoms with Crippen LogP contribution < -0.4 is 10.1 Å². The number of benzene rings is 1. The van der Waals surface area contributed by atoms with Crippen molar-refractivity contribution in [3.63, 3.8) is 0 Å². The number of rotatable bonds is 8. The summed E-state index contributed by atoms with van der Waals surface area (Å²) in [4.78, 5) is 25.3. The Labute approximate surface area is 191 Å². The number of nitrogens with one attached hydrogen (secondary N) is 1. The lowest BCUT2D eigenvalue weighted by Crippen LogP contribution is -2.43. The van der Waals surface area contributed by atoms with Crippen molar-refractivity contribution < 1.29 is 19.1 Å². The van der Waals surface area contributed by atoms with E-state index in [1.807, 2.05) is 41.8 Å². The Morgan fingerprint density at radius 2 is 1.88 bits per heavy atom. The van der Waals surface area contributed by atoms with E-state index in [2.05, 4.69) is 19.2 Å². The largest absolute Gasteiger partial charge is 0.497 e. The molecule has 3 rings (SSSR count). The van der Waals surface area contributed by atoms with Gasteiger partial charge in [-0.2, -0.15) is 0 Å². The summed E-state index contributed by atoms with van der Waals surface area (Å²) >= 11 is 0. The second-order valence-electron chi connectivity index (χ2n) is 8.82. The molecule has 0 spiro atoms. The zero-order valence-electron chi connectivity index (χ0n) is 19.9. The third-order valence-corrected chi connectivity index (χ3v) is 6.86. The van der Waals surface area contributed by atoms with Crippen molar-refractivity contribution in [3.8, 4) is 17.0 Å². The highest BCUT2D eigenvalue weighted by Crippen LogP contribution is 2.30. The van der Waals surface area contributed by atoms with Gasteiger partial charge in [-0.3, -0.25) is 4.79 Å². The van der Waals surface area contributed by atoms with Crippen LogP contribution in [0.2, 0.25) is 0 Å². The van der Waals surface area contributed by atoms with Crippen molar-refractivity contribution in [2.24, 2.45) is 11.8 Å². The van der Waals surface area contributed by atoms with Crippen molar-refractivity contribution in [2.75, 3.05) is 13.7 Å². The molecular weight excluding hydrogens is 404 g/mol. The Morgan fingerprint density at radius 3 is 2.53 bits per heavy atom. The topological polar surface area (TPSA) is 69.6 Å². The van der Waals surface area contributed by atoms with Crippen molar-refractivity contribution in [3.05, 3.63) is 41.6 Å². The van der Waals surface area contributed by atoms with Gasteiger partial charge in [-0.05, 0) is 68.0 Å². The molecule has 32 heavy (non-hydrogen) atoms. The number of hydrogen-bond acceptors (Lipinski definition) is 4. The van der Waals surface area contributed by atoms with Crippen LogP contribution in [0.5, 0.6) is 5.75 Å². The van der Waals surface area contributed by atoms with Gasteiger partial charge in [-0.1, -0.05) is 26.7 Å².